The van der Waals surface area contributed by atoms with Gasteiger partial charge in [-0.05, 0) is 12.5 Å². The standard InChI is InChI=1S/C14H19N5OS/c1-3-12-17-18-14(19(12)15)21-9-13(20)16-10(2)11-7-5-4-6-8-11/h4-8,10H,3,9,15H2,1-2H3,(H,16,20). The second kappa shape index (κ2) is 7.12. The molecule has 3 N–H and O–H groups in total. The number of nitrogen functional groups attached to an aromatic ring is 1. The van der Waals surface area contributed by atoms with Gasteiger partial charge >= 0.3 is 0 Å². The zero-order valence-corrected chi connectivity index (χ0v) is 12.9. The Balaban J connectivity index is 1.86. The van der Waals surface area contributed by atoms with Crippen molar-refractivity contribution in [1.82, 2.24) is 20.2 Å². The van der Waals surface area contributed by atoms with Gasteiger partial charge in [0.05, 0.1) is 11.8 Å². The molecule has 2 aromatic rings. The monoisotopic (exact) mass is 305 g/mol. The Kier molecular flexibility index (Phi) is 5.21. The van der Waals surface area contributed by atoms with Crippen LogP contribution >= 0.6 is 11.8 Å². The molecule has 2 rings (SSSR count). The third-order valence-electron chi connectivity index (χ3n) is 3.06. The quantitative estimate of drug-likeness (QED) is 0.624. The van der Waals surface area contributed by atoms with E-state index in [1.807, 2.05) is 44.2 Å². The highest BCUT2D eigenvalue weighted by Crippen LogP contribution is 2.16. The Bertz CT molecular complexity index is 599. The van der Waals surface area contributed by atoms with Crippen LogP contribution < -0.4 is 11.2 Å². The molecule has 0 aliphatic rings. The van der Waals surface area contributed by atoms with E-state index in [0.717, 1.165) is 5.56 Å². The fourth-order valence-electron chi connectivity index (χ4n) is 1.89. The lowest BCUT2D eigenvalue weighted by Gasteiger charge is -2.13. The molecule has 0 aliphatic heterocycles. The average molecular weight is 305 g/mol. The number of nitrogens with zero attached hydrogens (tertiary/aromatic N) is 3. The van der Waals surface area contributed by atoms with Gasteiger partial charge in [0.2, 0.25) is 11.1 Å². The summed E-state index contributed by atoms with van der Waals surface area (Å²) in [6.07, 6.45) is 0.710. The van der Waals surface area contributed by atoms with Crippen LogP contribution in [-0.2, 0) is 11.2 Å². The molecule has 0 spiro atoms. The van der Waals surface area contributed by atoms with Crippen LogP contribution in [0.25, 0.3) is 0 Å². The van der Waals surface area contributed by atoms with E-state index in [4.69, 9.17) is 5.84 Å². The van der Waals surface area contributed by atoms with Gasteiger partial charge in [-0.25, -0.2) is 4.68 Å². The highest BCUT2D eigenvalue weighted by Gasteiger charge is 2.13. The number of benzene rings is 1. The zero-order chi connectivity index (χ0) is 15.2. The lowest BCUT2D eigenvalue weighted by Crippen LogP contribution is -2.28. The summed E-state index contributed by atoms with van der Waals surface area (Å²) in [6, 6.07) is 9.81. The first kappa shape index (κ1) is 15.4. The van der Waals surface area contributed by atoms with Gasteiger partial charge in [-0.15, -0.1) is 10.2 Å². The summed E-state index contributed by atoms with van der Waals surface area (Å²) >= 11 is 1.28. The summed E-state index contributed by atoms with van der Waals surface area (Å²) in [4.78, 5) is 12.0. The molecule has 0 aliphatic carbocycles. The fourth-order valence-corrected chi connectivity index (χ4v) is 2.57. The Morgan fingerprint density at radius 3 is 2.71 bits per heavy atom. The van der Waals surface area contributed by atoms with E-state index >= 15 is 0 Å². The Morgan fingerprint density at radius 2 is 2.10 bits per heavy atom. The maximum atomic E-state index is 12.0. The number of nitrogens with one attached hydrogen (secondary N) is 1. The predicted molar refractivity (Wildman–Crippen MR) is 83.3 cm³/mol. The third kappa shape index (κ3) is 3.98. The molecular formula is C14H19N5OS. The van der Waals surface area contributed by atoms with Gasteiger partial charge in [0.25, 0.3) is 0 Å². The van der Waals surface area contributed by atoms with Gasteiger partial charge in [-0.1, -0.05) is 49.0 Å². The molecule has 0 fully saturated rings. The summed E-state index contributed by atoms with van der Waals surface area (Å²) in [5.74, 6) is 6.74. The summed E-state index contributed by atoms with van der Waals surface area (Å²) in [5.41, 5.74) is 1.08. The number of nitrogens with two attached hydrogens (primary N) is 1. The summed E-state index contributed by atoms with van der Waals surface area (Å²) in [7, 11) is 0. The largest absolute Gasteiger partial charge is 0.349 e. The van der Waals surface area contributed by atoms with Gasteiger partial charge < -0.3 is 11.2 Å². The van der Waals surface area contributed by atoms with E-state index < -0.39 is 0 Å². The molecule has 0 bridgehead atoms. The van der Waals surface area contributed by atoms with Crippen LogP contribution in [0, 0.1) is 0 Å². The van der Waals surface area contributed by atoms with Crippen LogP contribution in [0.15, 0.2) is 35.5 Å². The maximum absolute atomic E-state index is 12.0. The van der Waals surface area contributed by atoms with Crippen LogP contribution in [0.3, 0.4) is 0 Å². The number of carbonyl (C=O) groups is 1. The first-order valence-electron chi connectivity index (χ1n) is 6.78. The van der Waals surface area contributed by atoms with Crippen LogP contribution in [0.4, 0.5) is 0 Å². The Morgan fingerprint density at radius 1 is 1.38 bits per heavy atom. The number of hydrogen-bond donors (Lipinski definition) is 2. The van der Waals surface area contributed by atoms with Crippen molar-refractivity contribution in [3.63, 3.8) is 0 Å². The van der Waals surface area contributed by atoms with Crippen molar-refractivity contribution < 1.29 is 4.79 Å². The normalized spacial score (nSPS) is 12.1. The molecular weight excluding hydrogens is 286 g/mol. The predicted octanol–water partition coefficient (Wildman–Crippen LogP) is 1.52. The minimum atomic E-state index is -0.0580. The molecule has 0 saturated carbocycles. The van der Waals surface area contributed by atoms with Crippen molar-refractivity contribution in [3.8, 4) is 0 Å². The van der Waals surface area contributed by atoms with Gasteiger partial charge in [-0.2, -0.15) is 0 Å². The summed E-state index contributed by atoms with van der Waals surface area (Å²) < 4.78 is 1.43. The molecule has 1 atom stereocenters. The number of carbonyl (C=O) groups excluding carboxylic acids is 1. The average Bonchev–Trinajstić information content (AvgIpc) is 2.86. The molecule has 6 nitrogen and oxygen atoms in total. The minimum Gasteiger partial charge on any atom is -0.349 e. The second-order valence-corrected chi connectivity index (χ2v) is 5.55. The van der Waals surface area contributed by atoms with Crippen molar-refractivity contribution >= 4 is 17.7 Å². The van der Waals surface area contributed by atoms with Crippen molar-refractivity contribution in [1.29, 1.82) is 0 Å². The van der Waals surface area contributed by atoms with E-state index in [1.165, 1.54) is 16.4 Å². The highest BCUT2D eigenvalue weighted by molar-refractivity contribution is 7.99. The zero-order valence-electron chi connectivity index (χ0n) is 12.1. The lowest BCUT2D eigenvalue weighted by atomic mass is 10.1. The number of amides is 1. The minimum absolute atomic E-state index is 0.0266. The molecule has 1 unspecified atom stereocenters. The molecule has 7 heteroatoms. The molecule has 0 radical (unpaired) electrons. The highest BCUT2D eigenvalue weighted by atomic mass is 32.2. The smallest absolute Gasteiger partial charge is 0.230 e. The second-order valence-electron chi connectivity index (χ2n) is 4.61. The summed E-state index contributed by atoms with van der Waals surface area (Å²) in [6.45, 7) is 3.91. The molecule has 1 amide bonds. The number of rotatable bonds is 6. The third-order valence-corrected chi connectivity index (χ3v) is 4.00. The molecule has 1 aromatic carbocycles. The Hall–Kier alpha value is -2.02. The van der Waals surface area contributed by atoms with Gasteiger partial charge in [-0.3, -0.25) is 4.79 Å². The molecule has 112 valence electrons. The van der Waals surface area contributed by atoms with Crippen LogP contribution in [-0.4, -0.2) is 26.5 Å². The van der Waals surface area contributed by atoms with Gasteiger partial charge in [0, 0.05) is 6.42 Å². The SMILES string of the molecule is CCc1nnc(SCC(=O)NC(C)c2ccccc2)n1N. The molecule has 1 heterocycles. The van der Waals surface area contributed by atoms with Crippen LogP contribution in [0.1, 0.15) is 31.3 Å². The van der Waals surface area contributed by atoms with E-state index in [0.29, 0.717) is 17.4 Å². The van der Waals surface area contributed by atoms with E-state index in [9.17, 15) is 4.79 Å². The van der Waals surface area contributed by atoms with Crippen molar-refractivity contribution in [3.05, 3.63) is 41.7 Å². The summed E-state index contributed by atoms with van der Waals surface area (Å²) in [5, 5.41) is 11.4. The fraction of sp³-hybridized carbons (Fsp3) is 0.357. The Labute approximate surface area is 128 Å². The number of aryl methyl sites for hydroxylation is 1. The number of thioether (sulfide) groups is 1. The maximum Gasteiger partial charge on any atom is 0.230 e. The van der Waals surface area contributed by atoms with Crippen molar-refractivity contribution in [2.24, 2.45) is 0 Å². The topological polar surface area (TPSA) is 85.8 Å². The first-order valence-corrected chi connectivity index (χ1v) is 7.76. The molecule has 0 saturated heterocycles. The van der Waals surface area contributed by atoms with Crippen LogP contribution in [0.5, 0.6) is 0 Å². The lowest BCUT2D eigenvalue weighted by molar-refractivity contribution is -0.119. The van der Waals surface area contributed by atoms with Crippen molar-refractivity contribution in [2.45, 2.75) is 31.5 Å². The molecule has 21 heavy (non-hydrogen) atoms. The van der Waals surface area contributed by atoms with Gasteiger partial charge in [0.1, 0.15) is 0 Å². The van der Waals surface area contributed by atoms with Crippen LogP contribution in [0.2, 0.25) is 0 Å². The number of aromatic nitrogens is 3. The van der Waals surface area contributed by atoms with Crippen molar-refractivity contribution in [2.75, 3.05) is 11.6 Å². The van der Waals surface area contributed by atoms with E-state index in [1.54, 1.807) is 0 Å². The van der Waals surface area contributed by atoms with E-state index in [-0.39, 0.29) is 17.7 Å². The first-order chi connectivity index (χ1) is 10.1. The van der Waals surface area contributed by atoms with E-state index in [2.05, 4.69) is 15.5 Å². The van der Waals surface area contributed by atoms with Gasteiger partial charge in [0.15, 0.2) is 5.82 Å². The molecule has 1 aromatic heterocycles. The number of hydrogen-bond acceptors (Lipinski definition) is 5.